The highest BCUT2D eigenvalue weighted by Crippen LogP contribution is 2.42. The number of nitrogens with zero attached hydrogens (tertiary/aromatic N) is 4. The Morgan fingerprint density at radius 1 is 0.903 bits per heavy atom. The zero-order chi connectivity index (χ0) is 21.8. The molecule has 0 spiro atoms. The first kappa shape index (κ1) is 21.1. The van der Waals surface area contributed by atoms with E-state index in [2.05, 4.69) is 15.2 Å². The van der Waals surface area contributed by atoms with E-state index in [0.29, 0.717) is 5.56 Å². The lowest BCUT2D eigenvalue weighted by molar-refractivity contribution is -0.141. The first-order valence-electron chi connectivity index (χ1n) is 9.60. The second-order valence-electron chi connectivity index (χ2n) is 7.01. The minimum Gasteiger partial charge on any atom is -0.293 e. The largest absolute Gasteiger partial charge is 0.406 e. The van der Waals surface area contributed by atoms with E-state index < -0.39 is 12.7 Å². The van der Waals surface area contributed by atoms with Gasteiger partial charge in [-0.25, -0.2) is 0 Å². The van der Waals surface area contributed by atoms with Crippen molar-refractivity contribution < 1.29 is 13.2 Å². The number of hydrogen-bond acceptors (Lipinski definition) is 4. The quantitative estimate of drug-likeness (QED) is 0.340. The van der Waals surface area contributed by atoms with Crippen LogP contribution in [-0.4, -0.2) is 25.9 Å². The summed E-state index contributed by atoms with van der Waals surface area (Å²) in [6.45, 7) is 0.823. The van der Waals surface area contributed by atoms with E-state index in [9.17, 15) is 13.2 Å². The molecule has 4 aromatic rings. The van der Waals surface area contributed by atoms with Crippen LogP contribution in [0.2, 0.25) is 0 Å². The minimum atomic E-state index is -4.41. The number of hydrogen-bond donors (Lipinski definition) is 0. The van der Waals surface area contributed by atoms with Gasteiger partial charge in [0, 0.05) is 18.0 Å². The van der Waals surface area contributed by atoms with Crippen molar-refractivity contribution in [2.45, 2.75) is 30.1 Å². The van der Waals surface area contributed by atoms with Crippen molar-refractivity contribution in [3.05, 3.63) is 95.8 Å². The third kappa shape index (κ3) is 4.96. The van der Waals surface area contributed by atoms with Gasteiger partial charge in [-0.3, -0.25) is 9.55 Å². The van der Waals surface area contributed by atoms with Crippen molar-refractivity contribution in [1.82, 2.24) is 19.7 Å². The molecule has 0 amide bonds. The van der Waals surface area contributed by atoms with Gasteiger partial charge in [0.2, 0.25) is 0 Å². The zero-order valence-corrected chi connectivity index (χ0v) is 17.4. The van der Waals surface area contributed by atoms with E-state index in [1.807, 2.05) is 61.5 Å². The fraction of sp³-hybridized carbons (Fsp3) is 0.174. The number of thioether (sulfide) groups is 1. The smallest absolute Gasteiger partial charge is 0.293 e. The molecule has 2 aromatic heterocycles. The second-order valence-corrected chi connectivity index (χ2v) is 8.08. The van der Waals surface area contributed by atoms with Crippen molar-refractivity contribution in [2.75, 3.05) is 0 Å². The molecule has 4 rings (SSSR count). The molecule has 4 nitrogen and oxygen atoms in total. The lowest BCUT2D eigenvalue weighted by Gasteiger charge is -2.20. The molecule has 0 bridgehead atoms. The highest BCUT2D eigenvalue weighted by Gasteiger charge is 2.32. The lowest BCUT2D eigenvalue weighted by Crippen LogP contribution is -2.19. The fourth-order valence-corrected chi connectivity index (χ4v) is 4.60. The van der Waals surface area contributed by atoms with Gasteiger partial charge < -0.3 is 0 Å². The van der Waals surface area contributed by atoms with Crippen LogP contribution in [0.4, 0.5) is 13.2 Å². The van der Waals surface area contributed by atoms with Crippen LogP contribution in [-0.2, 0) is 6.54 Å². The maximum atomic E-state index is 13.4. The molecule has 0 radical (unpaired) electrons. The van der Waals surface area contributed by atoms with Crippen molar-refractivity contribution in [3.63, 3.8) is 0 Å². The van der Waals surface area contributed by atoms with Crippen LogP contribution in [0.1, 0.15) is 21.9 Å². The SMILES string of the molecule is Cc1ccccc1C(Sc1nnc(-c2ccncc2)n1CC(F)(F)F)c1ccccc1. The molecule has 1 unspecified atom stereocenters. The summed E-state index contributed by atoms with van der Waals surface area (Å²) >= 11 is 1.27. The molecule has 1 atom stereocenters. The lowest BCUT2D eigenvalue weighted by atomic mass is 10.0. The molecule has 0 saturated carbocycles. The number of halogens is 3. The molecule has 158 valence electrons. The summed E-state index contributed by atoms with van der Waals surface area (Å²) in [7, 11) is 0. The average Bonchev–Trinajstić information content (AvgIpc) is 3.14. The fourth-order valence-electron chi connectivity index (χ4n) is 3.34. The number of aromatic nitrogens is 4. The predicted molar refractivity (Wildman–Crippen MR) is 115 cm³/mol. The summed E-state index contributed by atoms with van der Waals surface area (Å²) in [5, 5.41) is 8.23. The Hall–Kier alpha value is -3.13. The van der Waals surface area contributed by atoms with Gasteiger partial charge in [0.15, 0.2) is 11.0 Å². The van der Waals surface area contributed by atoms with E-state index in [4.69, 9.17) is 0 Å². The number of aryl methyl sites for hydroxylation is 1. The third-order valence-corrected chi connectivity index (χ3v) is 6.06. The number of pyridine rings is 1. The predicted octanol–water partition coefficient (Wildman–Crippen LogP) is 6.09. The first-order valence-corrected chi connectivity index (χ1v) is 10.5. The Morgan fingerprint density at radius 3 is 2.26 bits per heavy atom. The minimum absolute atomic E-state index is 0.166. The first-order chi connectivity index (χ1) is 14.9. The molecule has 8 heteroatoms. The summed E-state index contributed by atoms with van der Waals surface area (Å²) in [5.41, 5.74) is 3.59. The van der Waals surface area contributed by atoms with E-state index in [1.54, 1.807) is 12.1 Å². The molecular formula is C23H19F3N4S. The molecular weight excluding hydrogens is 421 g/mol. The van der Waals surface area contributed by atoms with Gasteiger partial charge in [-0.1, -0.05) is 66.4 Å². The maximum Gasteiger partial charge on any atom is 0.406 e. The zero-order valence-electron chi connectivity index (χ0n) is 16.6. The van der Waals surface area contributed by atoms with Gasteiger partial charge in [-0.05, 0) is 35.7 Å². The van der Waals surface area contributed by atoms with Crippen LogP contribution in [0.5, 0.6) is 0 Å². The van der Waals surface area contributed by atoms with E-state index in [-0.39, 0.29) is 16.2 Å². The van der Waals surface area contributed by atoms with Crippen molar-refractivity contribution >= 4 is 11.8 Å². The molecule has 2 heterocycles. The third-order valence-electron chi connectivity index (χ3n) is 4.79. The Bertz CT molecular complexity index is 1140. The number of alkyl halides is 3. The summed E-state index contributed by atoms with van der Waals surface area (Å²) in [4.78, 5) is 3.93. The van der Waals surface area contributed by atoms with E-state index in [1.165, 1.54) is 24.2 Å². The van der Waals surface area contributed by atoms with Gasteiger partial charge in [0.1, 0.15) is 6.54 Å². The normalized spacial score (nSPS) is 12.6. The molecule has 0 aliphatic heterocycles. The van der Waals surface area contributed by atoms with Gasteiger partial charge >= 0.3 is 6.18 Å². The Kier molecular flexibility index (Phi) is 6.08. The van der Waals surface area contributed by atoms with Crippen molar-refractivity contribution in [1.29, 1.82) is 0 Å². The number of rotatable bonds is 6. The highest BCUT2D eigenvalue weighted by molar-refractivity contribution is 7.99. The Labute approximate surface area is 182 Å². The van der Waals surface area contributed by atoms with E-state index >= 15 is 0 Å². The molecule has 31 heavy (non-hydrogen) atoms. The molecule has 0 aliphatic rings. The standard InChI is InChI=1S/C23H19F3N4S/c1-16-7-5-6-10-19(16)20(17-8-3-2-4-9-17)31-22-29-28-21(18-11-13-27-14-12-18)30(22)15-23(24,25)26/h2-14,20H,15H2,1H3. The van der Waals surface area contributed by atoms with E-state index in [0.717, 1.165) is 21.3 Å². The molecule has 0 fully saturated rings. The molecule has 2 aromatic carbocycles. The van der Waals surface area contributed by atoms with Crippen molar-refractivity contribution in [2.24, 2.45) is 0 Å². The Morgan fingerprint density at radius 2 is 1.58 bits per heavy atom. The maximum absolute atomic E-state index is 13.4. The van der Waals surface area contributed by atoms with Gasteiger partial charge in [-0.2, -0.15) is 13.2 Å². The van der Waals surface area contributed by atoms with Gasteiger partial charge in [-0.15, -0.1) is 10.2 Å². The topological polar surface area (TPSA) is 43.6 Å². The van der Waals surface area contributed by atoms with Gasteiger partial charge in [0.25, 0.3) is 0 Å². The summed E-state index contributed by atoms with van der Waals surface area (Å²) in [6, 6.07) is 20.8. The summed E-state index contributed by atoms with van der Waals surface area (Å²) in [5.74, 6) is 0.166. The van der Waals surface area contributed by atoms with Crippen LogP contribution >= 0.6 is 11.8 Å². The highest BCUT2D eigenvalue weighted by atomic mass is 32.2. The average molecular weight is 440 g/mol. The van der Waals surface area contributed by atoms with Crippen LogP contribution in [0.15, 0.2) is 84.3 Å². The van der Waals surface area contributed by atoms with Crippen LogP contribution < -0.4 is 0 Å². The molecule has 0 N–H and O–H groups in total. The van der Waals surface area contributed by atoms with Crippen molar-refractivity contribution in [3.8, 4) is 11.4 Å². The molecule has 0 saturated heterocycles. The summed E-state index contributed by atoms with van der Waals surface area (Å²) in [6.07, 6.45) is -1.37. The monoisotopic (exact) mass is 440 g/mol. The summed E-state index contributed by atoms with van der Waals surface area (Å²) < 4.78 is 41.5. The van der Waals surface area contributed by atoms with Crippen LogP contribution in [0.3, 0.4) is 0 Å². The Balaban J connectivity index is 1.80. The van der Waals surface area contributed by atoms with Gasteiger partial charge in [0.05, 0.1) is 5.25 Å². The van der Waals surface area contributed by atoms with Crippen LogP contribution in [0.25, 0.3) is 11.4 Å². The number of benzene rings is 2. The molecule has 0 aliphatic carbocycles. The second kappa shape index (κ2) is 8.93. The van der Waals surface area contributed by atoms with Crippen LogP contribution in [0, 0.1) is 6.92 Å².